The van der Waals surface area contributed by atoms with Crippen LogP contribution in [0.5, 0.6) is 0 Å². The fraction of sp³-hybridized carbons (Fsp3) is 0.769. The number of carbonyl (C=O) groups excluding carboxylic acids is 2. The Kier molecular flexibility index (Phi) is 7.24. The van der Waals surface area contributed by atoms with Crippen LogP contribution >= 0.6 is 0 Å². The Balaban J connectivity index is 4.55. The first-order valence-electron chi connectivity index (χ1n) is 6.29. The zero-order valence-corrected chi connectivity index (χ0v) is 11.5. The maximum atomic E-state index is 11.9. The molecule has 0 aromatic carbocycles. The Morgan fingerprint density at radius 1 is 1.11 bits per heavy atom. The lowest BCUT2D eigenvalue weighted by Gasteiger charge is -2.19. The van der Waals surface area contributed by atoms with Crippen LogP contribution in [0.1, 0.15) is 47.0 Å². The molecule has 0 aromatic rings. The molecule has 18 heavy (non-hydrogen) atoms. The first kappa shape index (κ1) is 16.6. The number of nitrogens with one attached hydrogen (secondary N) is 1. The number of carboxylic acid groups (broad SMARTS) is 1. The summed E-state index contributed by atoms with van der Waals surface area (Å²) >= 11 is 0. The number of hydrogen-bond acceptors (Lipinski definition) is 3. The molecule has 0 spiro atoms. The number of carbonyl (C=O) groups is 3. The lowest BCUT2D eigenvalue weighted by Crippen LogP contribution is -2.43. The van der Waals surface area contributed by atoms with Crippen molar-refractivity contribution in [2.24, 2.45) is 11.8 Å². The Hall–Kier alpha value is -1.39. The number of carboxylic acids is 1. The van der Waals surface area contributed by atoms with Gasteiger partial charge in [-0.2, -0.15) is 0 Å². The van der Waals surface area contributed by atoms with E-state index in [0.717, 1.165) is 0 Å². The van der Waals surface area contributed by atoms with Gasteiger partial charge in [0, 0.05) is 18.8 Å². The summed E-state index contributed by atoms with van der Waals surface area (Å²) in [5, 5.41) is 11.3. The van der Waals surface area contributed by atoms with E-state index >= 15 is 0 Å². The van der Waals surface area contributed by atoms with Crippen molar-refractivity contribution in [3.63, 3.8) is 0 Å². The standard InChI is InChI=1S/C13H23NO4/c1-8(2)7-11(15)10(5-6-12(16)17)14-13(18)9(3)4/h8-10H,5-7H2,1-4H3,(H,14,18)(H,16,17). The lowest BCUT2D eigenvalue weighted by atomic mass is 9.98. The van der Waals surface area contributed by atoms with Crippen LogP contribution in [0, 0.1) is 11.8 Å². The van der Waals surface area contributed by atoms with Crippen molar-refractivity contribution < 1.29 is 19.5 Å². The fourth-order valence-electron chi connectivity index (χ4n) is 1.46. The highest BCUT2D eigenvalue weighted by molar-refractivity contribution is 5.90. The van der Waals surface area contributed by atoms with Gasteiger partial charge in [0.15, 0.2) is 5.78 Å². The molecule has 0 heterocycles. The monoisotopic (exact) mass is 257 g/mol. The first-order valence-corrected chi connectivity index (χ1v) is 6.29. The van der Waals surface area contributed by atoms with E-state index in [4.69, 9.17) is 5.11 Å². The zero-order valence-electron chi connectivity index (χ0n) is 11.5. The molecule has 0 aliphatic heterocycles. The molecule has 0 bridgehead atoms. The van der Waals surface area contributed by atoms with Gasteiger partial charge < -0.3 is 10.4 Å². The highest BCUT2D eigenvalue weighted by atomic mass is 16.4. The second-order valence-corrected chi connectivity index (χ2v) is 5.21. The predicted molar refractivity (Wildman–Crippen MR) is 68.1 cm³/mol. The van der Waals surface area contributed by atoms with Crippen molar-refractivity contribution in [2.75, 3.05) is 0 Å². The summed E-state index contributed by atoms with van der Waals surface area (Å²) in [5.41, 5.74) is 0. The number of Topliss-reactive ketones (excluding diaryl/α,β-unsaturated/α-hetero) is 1. The summed E-state index contributed by atoms with van der Waals surface area (Å²) in [7, 11) is 0. The molecule has 0 aliphatic rings. The molecular formula is C13H23NO4. The predicted octanol–water partition coefficient (Wildman–Crippen LogP) is 1.61. The number of hydrogen-bond donors (Lipinski definition) is 2. The summed E-state index contributed by atoms with van der Waals surface area (Å²) in [6.45, 7) is 7.29. The van der Waals surface area contributed by atoms with Gasteiger partial charge in [-0.3, -0.25) is 14.4 Å². The molecule has 104 valence electrons. The van der Waals surface area contributed by atoms with Gasteiger partial charge in [0.2, 0.25) is 5.91 Å². The molecule has 0 radical (unpaired) electrons. The van der Waals surface area contributed by atoms with E-state index in [1.54, 1.807) is 13.8 Å². The highest BCUT2D eigenvalue weighted by Gasteiger charge is 2.23. The smallest absolute Gasteiger partial charge is 0.303 e. The Labute approximate surface area is 108 Å². The minimum absolute atomic E-state index is 0.0970. The van der Waals surface area contributed by atoms with Crippen molar-refractivity contribution >= 4 is 17.7 Å². The SMILES string of the molecule is CC(C)CC(=O)C(CCC(=O)O)NC(=O)C(C)C. The molecule has 5 nitrogen and oxygen atoms in total. The van der Waals surface area contributed by atoms with E-state index in [1.807, 2.05) is 13.8 Å². The van der Waals surface area contributed by atoms with E-state index < -0.39 is 12.0 Å². The molecule has 0 saturated carbocycles. The van der Waals surface area contributed by atoms with Gasteiger partial charge >= 0.3 is 5.97 Å². The first-order chi connectivity index (χ1) is 8.23. The Morgan fingerprint density at radius 2 is 1.67 bits per heavy atom. The van der Waals surface area contributed by atoms with Crippen molar-refractivity contribution in [3.8, 4) is 0 Å². The molecule has 0 rings (SSSR count). The van der Waals surface area contributed by atoms with Gasteiger partial charge in [0.05, 0.1) is 6.04 Å². The fourth-order valence-corrected chi connectivity index (χ4v) is 1.46. The van der Waals surface area contributed by atoms with Crippen LogP contribution in [0.15, 0.2) is 0 Å². The van der Waals surface area contributed by atoms with Gasteiger partial charge in [-0.25, -0.2) is 0 Å². The molecule has 0 aromatic heterocycles. The van der Waals surface area contributed by atoms with Gasteiger partial charge in [0.25, 0.3) is 0 Å². The van der Waals surface area contributed by atoms with Crippen LogP contribution in [0.25, 0.3) is 0 Å². The van der Waals surface area contributed by atoms with Gasteiger partial charge in [-0.15, -0.1) is 0 Å². The van der Waals surface area contributed by atoms with Crippen molar-refractivity contribution in [1.82, 2.24) is 5.32 Å². The number of ketones is 1. The molecule has 1 unspecified atom stereocenters. The molecule has 0 fully saturated rings. The van der Waals surface area contributed by atoms with Crippen LogP contribution < -0.4 is 5.32 Å². The number of amides is 1. The minimum Gasteiger partial charge on any atom is -0.481 e. The Bertz CT molecular complexity index is 310. The van der Waals surface area contributed by atoms with Crippen molar-refractivity contribution in [1.29, 1.82) is 0 Å². The maximum absolute atomic E-state index is 11.9. The van der Waals surface area contributed by atoms with Crippen LogP contribution in [-0.2, 0) is 14.4 Å². The normalized spacial score (nSPS) is 12.6. The van der Waals surface area contributed by atoms with Crippen LogP contribution in [0.4, 0.5) is 0 Å². The summed E-state index contributed by atoms with van der Waals surface area (Å²) < 4.78 is 0. The third-order valence-corrected chi connectivity index (χ3v) is 2.49. The van der Waals surface area contributed by atoms with Crippen LogP contribution in [0.2, 0.25) is 0 Å². The number of aliphatic carboxylic acids is 1. The third kappa shape index (κ3) is 7.04. The molecular weight excluding hydrogens is 234 g/mol. The number of rotatable bonds is 8. The summed E-state index contributed by atoms with van der Waals surface area (Å²) in [5.74, 6) is -1.30. The van der Waals surface area contributed by atoms with Crippen LogP contribution in [0.3, 0.4) is 0 Å². The molecule has 2 N–H and O–H groups in total. The highest BCUT2D eigenvalue weighted by Crippen LogP contribution is 2.08. The van der Waals surface area contributed by atoms with E-state index in [2.05, 4.69) is 5.32 Å². The average molecular weight is 257 g/mol. The second-order valence-electron chi connectivity index (χ2n) is 5.21. The van der Waals surface area contributed by atoms with Crippen molar-refractivity contribution in [3.05, 3.63) is 0 Å². The molecule has 5 heteroatoms. The quantitative estimate of drug-likeness (QED) is 0.692. The molecule has 0 saturated heterocycles. The second kappa shape index (κ2) is 7.84. The zero-order chi connectivity index (χ0) is 14.3. The molecule has 1 atom stereocenters. The summed E-state index contributed by atoms with van der Waals surface area (Å²) in [4.78, 5) is 34.0. The average Bonchev–Trinajstić information content (AvgIpc) is 2.21. The largest absolute Gasteiger partial charge is 0.481 e. The molecule has 0 aliphatic carbocycles. The van der Waals surface area contributed by atoms with Gasteiger partial charge in [-0.1, -0.05) is 27.7 Å². The van der Waals surface area contributed by atoms with Gasteiger partial charge in [0.1, 0.15) is 0 Å². The lowest BCUT2D eigenvalue weighted by molar-refractivity contribution is -0.138. The molecule has 1 amide bonds. The maximum Gasteiger partial charge on any atom is 0.303 e. The van der Waals surface area contributed by atoms with Crippen molar-refractivity contribution in [2.45, 2.75) is 53.0 Å². The van der Waals surface area contributed by atoms with Gasteiger partial charge in [-0.05, 0) is 12.3 Å². The Morgan fingerprint density at radius 3 is 2.06 bits per heavy atom. The minimum atomic E-state index is -0.962. The third-order valence-electron chi connectivity index (χ3n) is 2.49. The van der Waals surface area contributed by atoms with E-state index in [9.17, 15) is 14.4 Å². The topological polar surface area (TPSA) is 83.5 Å². The summed E-state index contributed by atoms with van der Waals surface area (Å²) in [6, 6.07) is -0.682. The van der Waals surface area contributed by atoms with E-state index in [0.29, 0.717) is 6.42 Å². The van der Waals surface area contributed by atoms with E-state index in [1.165, 1.54) is 0 Å². The van der Waals surface area contributed by atoms with E-state index in [-0.39, 0.29) is 36.4 Å². The summed E-state index contributed by atoms with van der Waals surface area (Å²) in [6.07, 6.45) is 0.384. The van der Waals surface area contributed by atoms with Crippen LogP contribution in [-0.4, -0.2) is 28.8 Å².